The number of pyridine rings is 1. The number of anilines is 1. The van der Waals surface area contributed by atoms with E-state index in [1.165, 1.54) is 5.56 Å². The first-order valence-corrected chi connectivity index (χ1v) is 8.63. The van der Waals surface area contributed by atoms with Crippen LogP contribution in [0.1, 0.15) is 24.4 Å². The molecule has 1 fully saturated rings. The Morgan fingerprint density at radius 3 is 2.92 bits per heavy atom. The van der Waals surface area contributed by atoms with Gasteiger partial charge >= 0.3 is 0 Å². The van der Waals surface area contributed by atoms with Crippen molar-refractivity contribution < 1.29 is 9.47 Å². The van der Waals surface area contributed by atoms with E-state index in [4.69, 9.17) is 14.5 Å². The molecule has 2 aliphatic heterocycles. The maximum atomic E-state index is 5.93. The zero-order valence-electron chi connectivity index (χ0n) is 13.8. The highest BCUT2D eigenvalue weighted by Gasteiger charge is 2.31. The molecule has 0 saturated carbocycles. The molecule has 1 saturated heterocycles. The van der Waals surface area contributed by atoms with E-state index in [1.54, 1.807) is 12.4 Å². The third kappa shape index (κ3) is 2.45. The van der Waals surface area contributed by atoms with Crippen LogP contribution in [-0.2, 0) is 0 Å². The van der Waals surface area contributed by atoms with Gasteiger partial charge in [0.05, 0.1) is 6.04 Å². The number of benzene rings is 1. The lowest BCUT2D eigenvalue weighted by Gasteiger charge is -2.29. The van der Waals surface area contributed by atoms with Gasteiger partial charge in [-0.25, -0.2) is 9.97 Å². The minimum atomic E-state index is 0.235. The van der Waals surface area contributed by atoms with Crippen molar-refractivity contribution >= 4 is 17.0 Å². The monoisotopic (exact) mass is 334 g/mol. The maximum Gasteiger partial charge on any atom is 0.180 e. The van der Waals surface area contributed by atoms with Gasteiger partial charge in [0.2, 0.25) is 0 Å². The molecule has 0 aliphatic carbocycles. The average molecular weight is 334 g/mol. The minimum absolute atomic E-state index is 0.235. The van der Waals surface area contributed by atoms with E-state index >= 15 is 0 Å². The highest BCUT2D eigenvalue weighted by atomic mass is 16.6. The molecule has 5 rings (SSSR count). The zero-order valence-corrected chi connectivity index (χ0v) is 13.8. The molecule has 0 bridgehead atoms. The third-order valence-corrected chi connectivity index (χ3v) is 4.82. The Labute approximate surface area is 145 Å². The lowest BCUT2D eigenvalue weighted by atomic mass is 10.0. The summed E-state index contributed by atoms with van der Waals surface area (Å²) in [5.41, 5.74) is 2.67. The molecule has 4 heterocycles. The zero-order chi connectivity index (χ0) is 16.6. The molecular formula is C19H18N4O2. The van der Waals surface area contributed by atoms with Crippen LogP contribution >= 0.6 is 0 Å². The normalized spacial score (nSPS) is 19.4. The molecule has 0 spiro atoms. The number of rotatable bonds is 2. The van der Waals surface area contributed by atoms with Gasteiger partial charge in [0, 0.05) is 24.5 Å². The fourth-order valence-corrected chi connectivity index (χ4v) is 3.73. The summed E-state index contributed by atoms with van der Waals surface area (Å²) in [6, 6.07) is 10.4. The smallest absolute Gasteiger partial charge is 0.180 e. The molecule has 6 nitrogen and oxygen atoms in total. The molecule has 2 aliphatic rings. The average Bonchev–Trinajstić information content (AvgIpc) is 3.17. The highest BCUT2D eigenvalue weighted by molar-refractivity contribution is 5.72. The van der Waals surface area contributed by atoms with Gasteiger partial charge in [-0.2, -0.15) is 0 Å². The van der Waals surface area contributed by atoms with Crippen molar-refractivity contribution in [1.82, 2.24) is 15.0 Å². The van der Waals surface area contributed by atoms with E-state index in [-0.39, 0.29) is 6.04 Å². The van der Waals surface area contributed by atoms with Crippen molar-refractivity contribution in [2.24, 2.45) is 0 Å². The number of ether oxygens (including phenoxy) is 2. The predicted octanol–water partition coefficient (Wildman–Crippen LogP) is 3.14. The molecule has 0 radical (unpaired) electrons. The van der Waals surface area contributed by atoms with Crippen LogP contribution in [-0.4, -0.2) is 34.7 Å². The summed E-state index contributed by atoms with van der Waals surface area (Å²) < 4.78 is 11.7. The third-order valence-electron chi connectivity index (χ3n) is 4.82. The van der Waals surface area contributed by atoms with Crippen molar-refractivity contribution in [3.8, 4) is 11.5 Å². The van der Waals surface area contributed by atoms with Gasteiger partial charge < -0.3 is 14.4 Å². The molecule has 1 aromatic carbocycles. The van der Waals surface area contributed by atoms with E-state index < -0.39 is 0 Å². The Hall–Kier alpha value is -2.89. The summed E-state index contributed by atoms with van der Waals surface area (Å²) in [6.45, 7) is 2.17. The largest absolute Gasteiger partial charge is 0.486 e. The molecule has 6 heteroatoms. The summed E-state index contributed by atoms with van der Waals surface area (Å²) in [5, 5.41) is 0. The van der Waals surface area contributed by atoms with Crippen LogP contribution in [0.5, 0.6) is 11.5 Å². The van der Waals surface area contributed by atoms with Gasteiger partial charge in [0.25, 0.3) is 0 Å². The molecule has 126 valence electrons. The summed E-state index contributed by atoms with van der Waals surface area (Å²) in [5.74, 6) is 2.66. The summed E-state index contributed by atoms with van der Waals surface area (Å²) in [7, 11) is 0. The van der Waals surface area contributed by atoms with Gasteiger partial charge in [-0.3, -0.25) is 4.98 Å². The van der Waals surface area contributed by atoms with Crippen LogP contribution in [0.4, 0.5) is 5.82 Å². The van der Waals surface area contributed by atoms with Gasteiger partial charge in [-0.1, -0.05) is 12.1 Å². The molecule has 2 aromatic heterocycles. The number of para-hydroxylation sites is 1. The van der Waals surface area contributed by atoms with E-state index in [1.807, 2.05) is 24.3 Å². The first-order chi connectivity index (χ1) is 12.4. The van der Waals surface area contributed by atoms with Crippen molar-refractivity contribution in [3.05, 3.63) is 48.3 Å². The maximum absolute atomic E-state index is 5.93. The van der Waals surface area contributed by atoms with Crippen molar-refractivity contribution in [1.29, 1.82) is 0 Å². The fourth-order valence-electron chi connectivity index (χ4n) is 3.73. The fraction of sp³-hybridized carbons (Fsp3) is 0.316. The molecule has 25 heavy (non-hydrogen) atoms. The van der Waals surface area contributed by atoms with E-state index in [2.05, 4.69) is 20.9 Å². The predicted molar refractivity (Wildman–Crippen MR) is 94.1 cm³/mol. The Kier molecular flexibility index (Phi) is 3.40. The standard InChI is InChI=1S/C19H18N4O2/c1-3-13(18-16(5-1)24-11-12-25-18)15-4-2-10-23(15)17-7-6-14-19(22-17)21-9-8-20-14/h1,3,5-9,15H,2,4,10-12H2. The molecule has 1 unspecified atom stereocenters. The number of hydrogen-bond donors (Lipinski definition) is 0. The van der Waals surface area contributed by atoms with Gasteiger partial charge in [0.15, 0.2) is 17.1 Å². The first kappa shape index (κ1) is 14.5. The summed E-state index contributed by atoms with van der Waals surface area (Å²) in [4.78, 5) is 15.7. The molecule has 3 aromatic rings. The number of fused-ring (bicyclic) bond motifs is 2. The number of hydrogen-bond acceptors (Lipinski definition) is 6. The summed E-state index contributed by atoms with van der Waals surface area (Å²) >= 11 is 0. The number of nitrogens with zero attached hydrogens (tertiary/aromatic N) is 4. The second-order valence-electron chi connectivity index (χ2n) is 6.29. The van der Waals surface area contributed by atoms with Crippen LogP contribution in [0.15, 0.2) is 42.7 Å². The molecule has 0 amide bonds. The van der Waals surface area contributed by atoms with Crippen LogP contribution in [0, 0.1) is 0 Å². The topological polar surface area (TPSA) is 60.4 Å². The van der Waals surface area contributed by atoms with Crippen molar-refractivity contribution in [3.63, 3.8) is 0 Å². The van der Waals surface area contributed by atoms with Crippen LogP contribution in [0.2, 0.25) is 0 Å². The van der Waals surface area contributed by atoms with Crippen LogP contribution < -0.4 is 14.4 Å². The Morgan fingerprint density at radius 1 is 1.00 bits per heavy atom. The molecule has 1 atom stereocenters. The van der Waals surface area contributed by atoms with Crippen LogP contribution in [0.3, 0.4) is 0 Å². The highest BCUT2D eigenvalue weighted by Crippen LogP contribution is 2.44. The van der Waals surface area contributed by atoms with E-state index in [9.17, 15) is 0 Å². The summed E-state index contributed by atoms with van der Waals surface area (Å²) in [6.07, 6.45) is 5.56. The Bertz CT molecular complexity index is 930. The van der Waals surface area contributed by atoms with Gasteiger partial charge in [-0.15, -0.1) is 0 Å². The lowest BCUT2D eigenvalue weighted by Crippen LogP contribution is -2.25. The Morgan fingerprint density at radius 2 is 1.92 bits per heavy atom. The van der Waals surface area contributed by atoms with E-state index in [0.717, 1.165) is 42.2 Å². The van der Waals surface area contributed by atoms with E-state index in [0.29, 0.717) is 18.9 Å². The second kappa shape index (κ2) is 5.88. The molecular weight excluding hydrogens is 316 g/mol. The number of aromatic nitrogens is 3. The van der Waals surface area contributed by atoms with Gasteiger partial charge in [-0.05, 0) is 31.0 Å². The SMILES string of the molecule is c1cc2c(c(C3CCCN3c3ccc4nccnc4n3)c1)OCCO2. The first-order valence-electron chi connectivity index (χ1n) is 8.63. The van der Waals surface area contributed by atoms with Crippen molar-refractivity contribution in [2.75, 3.05) is 24.7 Å². The van der Waals surface area contributed by atoms with Crippen molar-refractivity contribution in [2.45, 2.75) is 18.9 Å². The van der Waals surface area contributed by atoms with Gasteiger partial charge in [0.1, 0.15) is 24.5 Å². The lowest BCUT2D eigenvalue weighted by molar-refractivity contribution is 0.169. The second-order valence-corrected chi connectivity index (χ2v) is 6.29. The Balaban J connectivity index is 1.55. The quantitative estimate of drug-likeness (QED) is 0.717. The van der Waals surface area contributed by atoms with Crippen LogP contribution in [0.25, 0.3) is 11.2 Å². The minimum Gasteiger partial charge on any atom is -0.486 e. The molecule has 0 N–H and O–H groups in total.